The lowest BCUT2D eigenvalue weighted by molar-refractivity contribution is 0.189. The molecule has 0 bridgehead atoms. The van der Waals surface area contributed by atoms with Crippen LogP contribution in [0, 0.1) is 11.3 Å². The number of nitriles is 1. The number of nitrogens with zero attached hydrogens (tertiary/aromatic N) is 1. The number of ether oxygens (including phenoxy) is 1. The summed E-state index contributed by atoms with van der Waals surface area (Å²) in [7, 11) is 0. The largest absolute Gasteiger partial charge is 0.380 e. The average Bonchev–Trinajstić information content (AvgIpc) is 2.52. The molecule has 1 aliphatic heterocycles. The Labute approximate surface area is 67.3 Å². The molecule has 2 atom stereocenters. The summed E-state index contributed by atoms with van der Waals surface area (Å²) < 4.78 is 5.18. The minimum absolute atomic E-state index is 0.00157. The van der Waals surface area contributed by atoms with Crippen LogP contribution in [0.3, 0.4) is 0 Å². The molecule has 1 heterocycles. The van der Waals surface area contributed by atoms with E-state index >= 15 is 0 Å². The van der Waals surface area contributed by atoms with E-state index in [2.05, 4.69) is 11.4 Å². The maximum absolute atomic E-state index is 8.63. The molecule has 3 heteroatoms. The topological polar surface area (TPSA) is 45.0 Å². The van der Waals surface area contributed by atoms with Gasteiger partial charge in [-0.25, -0.2) is 0 Å². The van der Waals surface area contributed by atoms with Crippen LogP contribution in [-0.2, 0) is 4.74 Å². The van der Waals surface area contributed by atoms with Gasteiger partial charge in [-0.2, -0.15) is 5.26 Å². The van der Waals surface area contributed by atoms with E-state index in [1.807, 2.05) is 6.92 Å². The average molecular weight is 154 g/mol. The second kappa shape index (κ2) is 4.32. The number of nitrogens with one attached hydrogen (secondary N) is 1. The minimum Gasteiger partial charge on any atom is -0.380 e. The van der Waals surface area contributed by atoms with Crippen LogP contribution in [0.5, 0.6) is 0 Å². The fraction of sp³-hybridized carbons (Fsp3) is 0.875. The van der Waals surface area contributed by atoms with E-state index in [0.717, 1.165) is 26.1 Å². The second-order valence-corrected chi connectivity index (χ2v) is 2.82. The van der Waals surface area contributed by atoms with Crippen LogP contribution in [0.4, 0.5) is 0 Å². The van der Waals surface area contributed by atoms with Crippen LogP contribution < -0.4 is 5.32 Å². The Morgan fingerprint density at radius 2 is 2.64 bits per heavy atom. The predicted molar refractivity (Wildman–Crippen MR) is 42.1 cm³/mol. The quantitative estimate of drug-likeness (QED) is 0.649. The van der Waals surface area contributed by atoms with Gasteiger partial charge < -0.3 is 4.74 Å². The highest BCUT2D eigenvalue weighted by molar-refractivity contribution is 4.91. The normalized spacial score (nSPS) is 26.4. The van der Waals surface area contributed by atoms with E-state index in [-0.39, 0.29) is 6.04 Å². The van der Waals surface area contributed by atoms with Crippen molar-refractivity contribution < 1.29 is 4.74 Å². The van der Waals surface area contributed by atoms with Gasteiger partial charge in [-0.05, 0) is 12.8 Å². The molecular formula is C8H14N2O. The summed E-state index contributed by atoms with van der Waals surface area (Å²) in [6, 6.07) is 2.62. The van der Waals surface area contributed by atoms with Crippen molar-refractivity contribution in [3.05, 3.63) is 0 Å². The van der Waals surface area contributed by atoms with E-state index in [1.165, 1.54) is 0 Å². The van der Waals surface area contributed by atoms with Crippen LogP contribution >= 0.6 is 0 Å². The Balaban J connectivity index is 2.23. The summed E-state index contributed by atoms with van der Waals surface area (Å²) in [5.74, 6) is 0. The molecule has 11 heavy (non-hydrogen) atoms. The highest BCUT2D eigenvalue weighted by Gasteiger charge is 2.17. The standard InChI is InChI=1S/C8H14N2O/c1-2-7(5-9)10-8-3-4-11-6-8/h7-8,10H,2-4,6H2,1H3. The van der Waals surface area contributed by atoms with Crippen LogP contribution in [0.15, 0.2) is 0 Å². The molecule has 0 radical (unpaired) electrons. The van der Waals surface area contributed by atoms with E-state index in [0.29, 0.717) is 6.04 Å². The van der Waals surface area contributed by atoms with Crippen molar-refractivity contribution >= 4 is 0 Å². The minimum atomic E-state index is 0.00157. The Kier molecular flexibility index (Phi) is 3.34. The molecule has 0 spiro atoms. The number of hydrogen-bond donors (Lipinski definition) is 1. The molecule has 0 amide bonds. The van der Waals surface area contributed by atoms with Crippen LogP contribution in [0.2, 0.25) is 0 Å². The van der Waals surface area contributed by atoms with E-state index in [1.54, 1.807) is 0 Å². The van der Waals surface area contributed by atoms with Gasteiger partial charge in [0.25, 0.3) is 0 Å². The fourth-order valence-electron chi connectivity index (χ4n) is 1.20. The molecule has 2 unspecified atom stereocenters. The molecule has 1 aliphatic rings. The molecule has 1 rings (SSSR count). The first-order valence-electron chi connectivity index (χ1n) is 4.10. The number of rotatable bonds is 3. The monoisotopic (exact) mass is 154 g/mol. The molecule has 0 aromatic rings. The molecule has 1 saturated heterocycles. The maximum Gasteiger partial charge on any atom is 0.0953 e. The van der Waals surface area contributed by atoms with Gasteiger partial charge >= 0.3 is 0 Å². The third kappa shape index (κ3) is 2.49. The lowest BCUT2D eigenvalue weighted by Gasteiger charge is -2.13. The first-order chi connectivity index (χ1) is 5.36. The van der Waals surface area contributed by atoms with Crippen molar-refractivity contribution in [3.63, 3.8) is 0 Å². The maximum atomic E-state index is 8.63. The van der Waals surface area contributed by atoms with E-state index in [4.69, 9.17) is 10.00 Å². The van der Waals surface area contributed by atoms with Crippen molar-refractivity contribution in [1.29, 1.82) is 5.26 Å². The molecule has 0 saturated carbocycles. The molecule has 62 valence electrons. The molecule has 1 N–H and O–H groups in total. The summed E-state index contributed by atoms with van der Waals surface area (Å²) >= 11 is 0. The van der Waals surface area contributed by atoms with Gasteiger partial charge in [0.05, 0.1) is 18.7 Å². The summed E-state index contributed by atoms with van der Waals surface area (Å²) in [5.41, 5.74) is 0. The van der Waals surface area contributed by atoms with Crippen molar-refractivity contribution in [1.82, 2.24) is 5.32 Å². The summed E-state index contributed by atoms with van der Waals surface area (Å²) in [4.78, 5) is 0. The first-order valence-corrected chi connectivity index (χ1v) is 4.10. The molecule has 1 fully saturated rings. The van der Waals surface area contributed by atoms with Gasteiger partial charge in [-0.1, -0.05) is 6.92 Å². The Hall–Kier alpha value is -0.590. The van der Waals surface area contributed by atoms with Crippen LogP contribution in [0.1, 0.15) is 19.8 Å². The summed E-state index contributed by atoms with van der Waals surface area (Å²) in [5, 5.41) is 11.9. The van der Waals surface area contributed by atoms with Gasteiger partial charge in [0.15, 0.2) is 0 Å². The van der Waals surface area contributed by atoms with Crippen molar-refractivity contribution in [2.45, 2.75) is 31.8 Å². The molecule has 0 aromatic carbocycles. The van der Waals surface area contributed by atoms with Crippen molar-refractivity contribution in [2.24, 2.45) is 0 Å². The third-order valence-electron chi connectivity index (χ3n) is 1.93. The Morgan fingerprint density at radius 3 is 3.09 bits per heavy atom. The lowest BCUT2D eigenvalue weighted by Crippen LogP contribution is -2.37. The Bertz CT molecular complexity index is 147. The zero-order chi connectivity index (χ0) is 8.10. The van der Waals surface area contributed by atoms with E-state index < -0.39 is 0 Å². The highest BCUT2D eigenvalue weighted by atomic mass is 16.5. The highest BCUT2D eigenvalue weighted by Crippen LogP contribution is 2.04. The predicted octanol–water partition coefficient (Wildman–Crippen LogP) is 0.667. The van der Waals surface area contributed by atoms with E-state index in [9.17, 15) is 0 Å². The zero-order valence-corrected chi connectivity index (χ0v) is 6.84. The van der Waals surface area contributed by atoms with Gasteiger partial charge in [0.1, 0.15) is 0 Å². The molecule has 0 aromatic heterocycles. The molecule has 0 aliphatic carbocycles. The number of hydrogen-bond acceptors (Lipinski definition) is 3. The molecule has 3 nitrogen and oxygen atoms in total. The zero-order valence-electron chi connectivity index (χ0n) is 6.84. The summed E-state index contributed by atoms with van der Waals surface area (Å²) in [6.45, 7) is 3.61. The van der Waals surface area contributed by atoms with Crippen molar-refractivity contribution in [2.75, 3.05) is 13.2 Å². The Morgan fingerprint density at radius 1 is 1.82 bits per heavy atom. The smallest absolute Gasteiger partial charge is 0.0953 e. The van der Waals surface area contributed by atoms with Crippen molar-refractivity contribution in [3.8, 4) is 6.07 Å². The lowest BCUT2D eigenvalue weighted by atomic mass is 10.2. The third-order valence-corrected chi connectivity index (χ3v) is 1.93. The molecular weight excluding hydrogens is 140 g/mol. The summed E-state index contributed by atoms with van der Waals surface area (Å²) in [6.07, 6.45) is 1.91. The van der Waals surface area contributed by atoms with Gasteiger partial charge in [-0.3, -0.25) is 5.32 Å². The van der Waals surface area contributed by atoms with Gasteiger partial charge in [0, 0.05) is 12.6 Å². The first kappa shape index (κ1) is 8.51. The SMILES string of the molecule is CCC(C#N)NC1CCOC1. The second-order valence-electron chi connectivity index (χ2n) is 2.82. The van der Waals surface area contributed by atoms with Crippen LogP contribution in [0.25, 0.3) is 0 Å². The van der Waals surface area contributed by atoms with Gasteiger partial charge in [-0.15, -0.1) is 0 Å². The van der Waals surface area contributed by atoms with Crippen LogP contribution in [-0.4, -0.2) is 25.3 Å². The van der Waals surface area contributed by atoms with Gasteiger partial charge in [0.2, 0.25) is 0 Å². The fourth-order valence-corrected chi connectivity index (χ4v) is 1.20.